The molecule has 0 saturated heterocycles. The standard InChI is InChI=1S/C17H9NO2S/c19-14-11-8-4-5-9-12(11)15(20)16-13(14)18-17(21-16)10-6-2-1-3-7-10/h1-9H. The lowest BCUT2D eigenvalue weighted by Gasteiger charge is -2.11. The van der Waals surface area contributed by atoms with E-state index in [1.807, 2.05) is 30.3 Å². The minimum Gasteiger partial charge on any atom is -0.288 e. The Morgan fingerprint density at radius 3 is 2.10 bits per heavy atom. The van der Waals surface area contributed by atoms with Gasteiger partial charge < -0.3 is 0 Å². The lowest BCUT2D eigenvalue weighted by molar-refractivity contribution is 0.0979. The fraction of sp³-hybridized carbons (Fsp3) is 0. The van der Waals surface area contributed by atoms with Gasteiger partial charge in [0, 0.05) is 16.7 Å². The van der Waals surface area contributed by atoms with Crippen LogP contribution in [0.1, 0.15) is 31.3 Å². The first-order valence-corrected chi connectivity index (χ1v) is 7.32. The SMILES string of the molecule is O=C1c2ccccc2C(=O)c2sc(-c3ccccc3)nc21. The van der Waals surface area contributed by atoms with E-state index < -0.39 is 0 Å². The van der Waals surface area contributed by atoms with Gasteiger partial charge in [-0.25, -0.2) is 4.98 Å². The first-order valence-electron chi connectivity index (χ1n) is 6.50. The summed E-state index contributed by atoms with van der Waals surface area (Å²) in [5, 5.41) is 0.704. The quantitative estimate of drug-likeness (QED) is 0.538. The van der Waals surface area contributed by atoms with Gasteiger partial charge in [-0.1, -0.05) is 54.6 Å². The van der Waals surface area contributed by atoms with Crippen molar-refractivity contribution in [3.05, 3.63) is 76.3 Å². The van der Waals surface area contributed by atoms with Crippen molar-refractivity contribution in [2.75, 3.05) is 0 Å². The molecule has 0 atom stereocenters. The van der Waals surface area contributed by atoms with Gasteiger partial charge in [-0.15, -0.1) is 11.3 Å². The molecule has 1 aliphatic rings. The van der Waals surface area contributed by atoms with Gasteiger partial charge in [0.15, 0.2) is 0 Å². The zero-order chi connectivity index (χ0) is 14.4. The first kappa shape index (κ1) is 12.2. The Labute approximate surface area is 124 Å². The number of fused-ring (bicyclic) bond motifs is 2. The monoisotopic (exact) mass is 291 g/mol. The van der Waals surface area contributed by atoms with Crippen molar-refractivity contribution in [3.8, 4) is 10.6 Å². The highest BCUT2D eigenvalue weighted by molar-refractivity contribution is 7.17. The van der Waals surface area contributed by atoms with Gasteiger partial charge in [0.25, 0.3) is 0 Å². The molecule has 0 unspecified atom stereocenters. The van der Waals surface area contributed by atoms with Crippen molar-refractivity contribution in [2.45, 2.75) is 0 Å². The number of aromatic nitrogens is 1. The van der Waals surface area contributed by atoms with Crippen molar-refractivity contribution >= 4 is 22.9 Å². The number of ketones is 2. The third-order valence-electron chi connectivity index (χ3n) is 3.49. The number of thiazole rings is 1. The van der Waals surface area contributed by atoms with Crippen LogP contribution in [-0.2, 0) is 0 Å². The summed E-state index contributed by atoms with van der Waals surface area (Å²) in [6.45, 7) is 0. The van der Waals surface area contributed by atoms with Crippen LogP contribution in [0.3, 0.4) is 0 Å². The summed E-state index contributed by atoms with van der Waals surface area (Å²) in [5.41, 5.74) is 2.11. The van der Waals surface area contributed by atoms with Crippen LogP contribution in [0.5, 0.6) is 0 Å². The third kappa shape index (κ3) is 1.76. The van der Waals surface area contributed by atoms with E-state index in [1.54, 1.807) is 24.3 Å². The minimum absolute atomic E-state index is 0.111. The lowest BCUT2D eigenvalue weighted by Crippen LogP contribution is -2.19. The van der Waals surface area contributed by atoms with Gasteiger partial charge in [-0.3, -0.25) is 9.59 Å². The number of carbonyl (C=O) groups is 2. The highest BCUT2D eigenvalue weighted by atomic mass is 32.1. The lowest BCUT2D eigenvalue weighted by atomic mass is 9.91. The van der Waals surface area contributed by atoms with Crippen LogP contribution in [0.15, 0.2) is 54.6 Å². The third-order valence-corrected chi connectivity index (χ3v) is 4.59. The zero-order valence-corrected chi connectivity index (χ0v) is 11.7. The molecular weight excluding hydrogens is 282 g/mol. The second-order valence-corrected chi connectivity index (χ2v) is 5.77. The molecule has 0 N–H and O–H groups in total. The maximum Gasteiger partial charge on any atom is 0.213 e. The second kappa shape index (κ2) is 4.46. The molecule has 0 aliphatic heterocycles. The van der Waals surface area contributed by atoms with Crippen molar-refractivity contribution in [3.63, 3.8) is 0 Å². The van der Waals surface area contributed by atoms with E-state index in [-0.39, 0.29) is 17.3 Å². The molecule has 4 rings (SSSR count). The number of carbonyl (C=O) groups excluding carboxylic acids is 2. The van der Waals surface area contributed by atoms with Gasteiger partial charge >= 0.3 is 0 Å². The Balaban J connectivity index is 1.92. The van der Waals surface area contributed by atoms with Gasteiger partial charge in [0.1, 0.15) is 15.6 Å². The Morgan fingerprint density at radius 2 is 1.38 bits per heavy atom. The summed E-state index contributed by atoms with van der Waals surface area (Å²) < 4.78 is 0. The molecule has 3 nitrogen and oxygen atoms in total. The van der Waals surface area contributed by atoms with E-state index in [0.717, 1.165) is 5.56 Å². The highest BCUT2D eigenvalue weighted by Gasteiger charge is 2.33. The molecule has 0 amide bonds. The molecule has 3 aromatic rings. The van der Waals surface area contributed by atoms with Gasteiger partial charge in [-0.05, 0) is 0 Å². The van der Waals surface area contributed by atoms with Crippen molar-refractivity contribution in [2.24, 2.45) is 0 Å². The molecule has 21 heavy (non-hydrogen) atoms. The molecule has 100 valence electrons. The molecule has 2 aromatic carbocycles. The molecular formula is C17H9NO2S. The van der Waals surface area contributed by atoms with E-state index in [2.05, 4.69) is 4.98 Å². The normalized spacial score (nSPS) is 13.0. The fourth-order valence-corrected chi connectivity index (χ4v) is 3.48. The van der Waals surface area contributed by atoms with Gasteiger partial charge in [0.2, 0.25) is 11.6 Å². The number of hydrogen-bond donors (Lipinski definition) is 0. The number of benzene rings is 2. The molecule has 1 aliphatic carbocycles. The Morgan fingerprint density at radius 1 is 0.762 bits per heavy atom. The molecule has 1 aromatic heterocycles. The van der Waals surface area contributed by atoms with Gasteiger partial charge in [0.05, 0.1) is 0 Å². The largest absolute Gasteiger partial charge is 0.288 e. The van der Waals surface area contributed by atoms with E-state index in [9.17, 15) is 9.59 Å². The summed E-state index contributed by atoms with van der Waals surface area (Å²) in [6.07, 6.45) is 0. The molecule has 0 spiro atoms. The summed E-state index contributed by atoms with van der Waals surface area (Å²) in [5.74, 6) is -0.279. The molecule has 0 radical (unpaired) electrons. The van der Waals surface area contributed by atoms with Crippen molar-refractivity contribution < 1.29 is 9.59 Å². The average Bonchev–Trinajstić information content (AvgIpc) is 2.99. The first-order chi connectivity index (χ1) is 10.3. The van der Waals surface area contributed by atoms with Crippen LogP contribution < -0.4 is 0 Å². The van der Waals surface area contributed by atoms with Crippen LogP contribution in [0, 0.1) is 0 Å². The van der Waals surface area contributed by atoms with Crippen LogP contribution >= 0.6 is 11.3 Å². The van der Waals surface area contributed by atoms with E-state index in [0.29, 0.717) is 21.0 Å². The van der Waals surface area contributed by atoms with E-state index in [1.165, 1.54) is 11.3 Å². The Bertz CT molecular complexity index is 828. The molecule has 0 fully saturated rings. The predicted molar refractivity (Wildman–Crippen MR) is 80.9 cm³/mol. The number of rotatable bonds is 1. The smallest absolute Gasteiger partial charge is 0.213 e. The average molecular weight is 291 g/mol. The maximum absolute atomic E-state index is 12.5. The van der Waals surface area contributed by atoms with E-state index >= 15 is 0 Å². The zero-order valence-electron chi connectivity index (χ0n) is 10.9. The van der Waals surface area contributed by atoms with Crippen LogP contribution in [-0.4, -0.2) is 16.6 Å². The van der Waals surface area contributed by atoms with Crippen LogP contribution in [0.4, 0.5) is 0 Å². The van der Waals surface area contributed by atoms with Crippen molar-refractivity contribution in [1.82, 2.24) is 4.98 Å². The highest BCUT2D eigenvalue weighted by Crippen LogP contribution is 2.34. The Kier molecular flexibility index (Phi) is 2.59. The predicted octanol–water partition coefficient (Wildman–Crippen LogP) is 3.59. The summed E-state index contributed by atoms with van der Waals surface area (Å²) >= 11 is 1.28. The Hall–Kier alpha value is -2.59. The summed E-state index contributed by atoms with van der Waals surface area (Å²) in [7, 11) is 0. The minimum atomic E-state index is -0.168. The van der Waals surface area contributed by atoms with E-state index in [4.69, 9.17) is 0 Å². The molecule has 0 saturated carbocycles. The molecule has 0 bridgehead atoms. The maximum atomic E-state index is 12.5. The van der Waals surface area contributed by atoms with Crippen LogP contribution in [0.25, 0.3) is 10.6 Å². The van der Waals surface area contributed by atoms with Crippen molar-refractivity contribution in [1.29, 1.82) is 0 Å². The summed E-state index contributed by atoms with van der Waals surface area (Å²) in [6, 6.07) is 16.5. The molecule has 1 heterocycles. The second-order valence-electron chi connectivity index (χ2n) is 4.77. The van der Waals surface area contributed by atoms with Gasteiger partial charge in [-0.2, -0.15) is 0 Å². The molecule has 4 heteroatoms. The number of hydrogen-bond acceptors (Lipinski definition) is 4. The number of nitrogens with zero attached hydrogens (tertiary/aromatic N) is 1. The fourth-order valence-electron chi connectivity index (χ4n) is 2.46. The summed E-state index contributed by atoms with van der Waals surface area (Å²) in [4.78, 5) is 29.8. The van der Waals surface area contributed by atoms with Crippen LogP contribution in [0.2, 0.25) is 0 Å². The topological polar surface area (TPSA) is 47.0 Å².